The van der Waals surface area contributed by atoms with Gasteiger partial charge in [-0.05, 0) is 46.3 Å². The van der Waals surface area contributed by atoms with Crippen LogP contribution in [0.15, 0.2) is 56.8 Å². The molecule has 7 nitrogen and oxygen atoms in total. The highest BCUT2D eigenvalue weighted by molar-refractivity contribution is 9.10. The van der Waals surface area contributed by atoms with Gasteiger partial charge in [-0.15, -0.1) is 0 Å². The van der Waals surface area contributed by atoms with Gasteiger partial charge in [-0.3, -0.25) is 23.1 Å². The third-order valence-electron chi connectivity index (χ3n) is 4.44. The molecule has 0 fully saturated rings. The van der Waals surface area contributed by atoms with Crippen LogP contribution in [-0.4, -0.2) is 24.3 Å². The first-order chi connectivity index (χ1) is 12.4. The molecule has 0 N–H and O–H groups in total. The Bertz CT molecular complexity index is 1330. The maximum absolute atomic E-state index is 13.0. The Labute approximate surface area is 155 Å². The number of rotatable bonds is 2. The normalized spacial score (nSPS) is 11.3. The first-order valence-corrected chi connectivity index (χ1v) is 8.56. The van der Waals surface area contributed by atoms with Crippen molar-refractivity contribution in [1.82, 2.24) is 18.5 Å². The molecule has 0 unspecified atom stereocenters. The van der Waals surface area contributed by atoms with Crippen LogP contribution in [0.2, 0.25) is 0 Å². The van der Waals surface area contributed by atoms with E-state index < -0.39 is 11.2 Å². The van der Waals surface area contributed by atoms with E-state index in [1.807, 2.05) is 18.2 Å². The molecule has 0 bridgehead atoms. The number of aryl methyl sites for hydroxylation is 1. The van der Waals surface area contributed by atoms with Gasteiger partial charge in [0.25, 0.3) is 5.56 Å². The van der Waals surface area contributed by atoms with Gasteiger partial charge in [-0.1, -0.05) is 6.07 Å². The zero-order chi connectivity index (χ0) is 18.6. The molecule has 8 heteroatoms. The number of carbonyl (C=O) groups excluding carboxylic acids is 1. The van der Waals surface area contributed by atoms with Gasteiger partial charge >= 0.3 is 5.69 Å². The van der Waals surface area contributed by atoms with Gasteiger partial charge in [-0.2, -0.15) is 0 Å². The van der Waals surface area contributed by atoms with E-state index in [2.05, 4.69) is 20.9 Å². The van der Waals surface area contributed by atoms with Gasteiger partial charge in [0, 0.05) is 25.9 Å². The summed E-state index contributed by atoms with van der Waals surface area (Å²) in [6.45, 7) is 0. The molecule has 3 heterocycles. The Hall–Kier alpha value is -3.00. The SMILES string of the molecule is Cn1c(=O)c2cc(C(=O)c3nc(Br)c4ccccn34)ccc2n(C)c1=O. The van der Waals surface area contributed by atoms with Crippen molar-refractivity contribution in [3.8, 4) is 0 Å². The third kappa shape index (κ3) is 2.26. The Morgan fingerprint density at radius 3 is 2.58 bits per heavy atom. The predicted octanol–water partition coefficient (Wildman–Crippen LogP) is 1.88. The summed E-state index contributed by atoms with van der Waals surface area (Å²) in [5, 5.41) is 0.306. The van der Waals surface area contributed by atoms with E-state index in [4.69, 9.17) is 0 Å². The van der Waals surface area contributed by atoms with Crippen LogP contribution in [0.3, 0.4) is 0 Å². The van der Waals surface area contributed by atoms with Crippen molar-refractivity contribution in [2.24, 2.45) is 14.1 Å². The molecule has 4 aromatic rings. The summed E-state index contributed by atoms with van der Waals surface area (Å²) in [5.41, 5.74) is 0.729. The summed E-state index contributed by atoms with van der Waals surface area (Å²) in [4.78, 5) is 41.8. The van der Waals surface area contributed by atoms with Crippen LogP contribution in [0.1, 0.15) is 16.2 Å². The lowest BCUT2D eigenvalue weighted by Crippen LogP contribution is -2.37. The molecule has 0 aliphatic carbocycles. The van der Waals surface area contributed by atoms with E-state index in [1.165, 1.54) is 17.7 Å². The Kier molecular flexibility index (Phi) is 3.66. The van der Waals surface area contributed by atoms with Crippen molar-refractivity contribution in [1.29, 1.82) is 0 Å². The number of nitrogens with zero attached hydrogens (tertiary/aromatic N) is 4. The zero-order valence-electron chi connectivity index (χ0n) is 13.9. The van der Waals surface area contributed by atoms with E-state index in [0.717, 1.165) is 10.1 Å². The quantitative estimate of drug-likeness (QED) is 0.471. The van der Waals surface area contributed by atoms with Gasteiger partial charge in [0.15, 0.2) is 5.82 Å². The fourth-order valence-corrected chi connectivity index (χ4v) is 3.52. The molecule has 1 aromatic carbocycles. The fourth-order valence-electron chi connectivity index (χ4n) is 3.03. The molecule has 0 saturated carbocycles. The fraction of sp³-hybridized carbons (Fsp3) is 0.111. The second-order valence-corrected chi connectivity index (χ2v) is 6.70. The molecule has 0 radical (unpaired) electrons. The predicted molar refractivity (Wildman–Crippen MR) is 101 cm³/mol. The van der Waals surface area contributed by atoms with E-state index >= 15 is 0 Å². The molecule has 3 aromatic heterocycles. The standard InChI is InChI=1S/C18H13BrN4O3/c1-21-12-7-6-10(9-11(12)17(25)22(2)18(21)26)14(24)16-20-15(19)13-5-3-4-8-23(13)16/h3-9H,1-2H3. The number of hydrogen-bond acceptors (Lipinski definition) is 4. The second kappa shape index (κ2) is 5.77. The molecule has 0 aliphatic rings. The number of ketones is 1. The molecular formula is C18H13BrN4O3. The molecule has 0 aliphatic heterocycles. The van der Waals surface area contributed by atoms with Crippen molar-refractivity contribution >= 4 is 38.1 Å². The van der Waals surface area contributed by atoms with Crippen LogP contribution in [0.4, 0.5) is 0 Å². The Balaban J connectivity index is 1.96. The van der Waals surface area contributed by atoms with Crippen LogP contribution < -0.4 is 11.2 Å². The average Bonchev–Trinajstić information content (AvgIpc) is 3.00. The first-order valence-electron chi connectivity index (χ1n) is 7.77. The number of hydrogen-bond donors (Lipinski definition) is 0. The van der Waals surface area contributed by atoms with Crippen LogP contribution in [-0.2, 0) is 14.1 Å². The minimum Gasteiger partial charge on any atom is -0.296 e. The number of imidazole rings is 1. The molecule has 130 valence electrons. The third-order valence-corrected chi connectivity index (χ3v) is 5.02. The van der Waals surface area contributed by atoms with Crippen molar-refractivity contribution in [3.05, 3.63) is 79.4 Å². The lowest BCUT2D eigenvalue weighted by Gasteiger charge is -2.08. The van der Waals surface area contributed by atoms with Gasteiger partial charge in [0.05, 0.1) is 16.4 Å². The summed E-state index contributed by atoms with van der Waals surface area (Å²) >= 11 is 3.36. The van der Waals surface area contributed by atoms with Crippen molar-refractivity contribution < 1.29 is 4.79 Å². The van der Waals surface area contributed by atoms with Gasteiger partial charge < -0.3 is 0 Å². The largest absolute Gasteiger partial charge is 0.330 e. The summed E-state index contributed by atoms with van der Waals surface area (Å²) in [5.74, 6) is -0.0665. The molecule has 26 heavy (non-hydrogen) atoms. The highest BCUT2D eigenvalue weighted by atomic mass is 79.9. The van der Waals surface area contributed by atoms with E-state index in [9.17, 15) is 14.4 Å². The molecule has 0 saturated heterocycles. The summed E-state index contributed by atoms with van der Waals surface area (Å²) in [7, 11) is 3.00. The Morgan fingerprint density at radius 2 is 1.81 bits per heavy atom. The van der Waals surface area contributed by atoms with Gasteiger partial charge in [0.2, 0.25) is 5.78 Å². The zero-order valence-corrected chi connectivity index (χ0v) is 15.5. The monoisotopic (exact) mass is 412 g/mol. The van der Waals surface area contributed by atoms with Crippen LogP contribution in [0.25, 0.3) is 16.4 Å². The highest BCUT2D eigenvalue weighted by Crippen LogP contribution is 2.21. The van der Waals surface area contributed by atoms with Crippen LogP contribution >= 0.6 is 15.9 Å². The molecule has 0 amide bonds. The van der Waals surface area contributed by atoms with Gasteiger partial charge in [0.1, 0.15) is 4.60 Å². The maximum Gasteiger partial charge on any atom is 0.330 e. The van der Waals surface area contributed by atoms with E-state index in [0.29, 0.717) is 21.1 Å². The van der Waals surface area contributed by atoms with Gasteiger partial charge in [-0.25, -0.2) is 9.78 Å². The van der Waals surface area contributed by atoms with Crippen LogP contribution in [0.5, 0.6) is 0 Å². The summed E-state index contributed by atoms with van der Waals surface area (Å²) < 4.78 is 4.67. The number of benzene rings is 1. The number of carbonyl (C=O) groups is 1. The summed E-state index contributed by atoms with van der Waals surface area (Å²) in [6, 6.07) is 10.2. The minimum absolute atomic E-state index is 0.244. The van der Waals surface area contributed by atoms with Crippen molar-refractivity contribution in [2.45, 2.75) is 0 Å². The summed E-state index contributed by atoms with van der Waals surface area (Å²) in [6.07, 6.45) is 1.75. The smallest absolute Gasteiger partial charge is 0.296 e. The van der Waals surface area contributed by atoms with Crippen LogP contribution in [0, 0.1) is 0 Å². The van der Waals surface area contributed by atoms with E-state index in [1.54, 1.807) is 29.8 Å². The topological polar surface area (TPSA) is 78.4 Å². The first kappa shape index (κ1) is 16.5. The van der Waals surface area contributed by atoms with Crippen molar-refractivity contribution in [3.63, 3.8) is 0 Å². The lowest BCUT2D eigenvalue weighted by atomic mass is 10.1. The molecule has 4 rings (SSSR count). The van der Waals surface area contributed by atoms with Crippen molar-refractivity contribution in [2.75, 3.05) is 0 Å². The number of fused-ring (bicyclic) bond motifs is 2. The highest BCUT2D eigenvalue weighted by Gasteiger charge is 2.19. The molecule has 0 atom stereocenters. The number of aromatic nitrogens is 4. The minimum atomic E-state index is -0.438. The number of pyridine rings is 1. The second-order valence-electron chi connectivity index (χ2n) is 5.95. The average molecular weight is 413 g/mol. The maximum atomic E-state index is 13.0. The molecular weight excluding hydrogens is 400 g/mol. The Morgan fingerprint density at radius 1 is 1.04 bits per heavy atom. The lowest BCUT2D eigenvalue weighted by molar-refractivity contribution is 0.102. The van der Waals surface area contributed by atoms with E-state index in [-0.39, 0.29) is 11.6 Å². The number of halogens is 1. The molecule has 0 spiro atoms.